The summed E-state index contributed by atoms with van der Waals surface area (Å²) >= 11 is 6.28. The number of piperidine rings is 1. The molecule has 1 amide bonds. The van der Waals surface area contributed by atoms with Crippen LogP contribution in [0.25, 0.3) is 32.9 Å². The Morgan fingerprint density at radius 1 is 0.860 bits per heavy atom. The third-order valence-corrected chi connectivity index (χ3v) is 9.72. The normalized spacial score (nSPS) is 14.1. The first-order valence-electron chi connectivity index (χ1n) is 14.0. The first-order valence-corrected chi connectivity index (χ1v) is 15.8. The second-order valence-electron chi connectivity index (χ2n) is 10.3. The van der Waals surface area contributed by atoms with Crippen molar-refractivity contribution in [2.45, 2.75) is 24.2 Å². The highest BCUT2D eigenvalue weighted by atomic mass is 35.5. The summed E-state index contributed by atoms with van der Waals surface area (Å²) in [5.41, 5.74) is 2.47. The lowest BCUT2D eigenvalue weighted by molar-refractivity contribution is -0.119. The molecule has 1 fully saturated rings. The topological polar surface area (TPSA) is 106 Å². The molecule has 1 aromatic heterocycles. The second kappa shape index (κ2) is 12.1. The van der Waals surface area contributed by atoms with Gasteiger partial charge in [0.15, 0.2) is 6.61 Å². The molecule has 43 heavy (non-hydrogen) atoms. The van der Waals surface area contributed by atoms with Crippen LogP contribution >= 0.6 is 11.6 Å². The van der Waals surface area contributed by atoms with Gasteiger partial charge >= 0.3 is 5.97 Å². The maximum Gasteiger partial charge on any atom is 0.339 e. The average Bonchev–Trinajstić information content (AvgIpc) is 3.04. The molecule has 0 radical (unpaired) electrons. The molecule has 5 aromatic rings. The minimum Gasteiger partial charge on any atom is -0.452 e. The molecule has 0 unspecified atom stereocenters. The smallest absolute Gasteiger partial charge is 0.339 e. The van der Waals surface area contributed by atoms with Crippen molar-refractivity contribution in [1.29, 1.82) is 0 Å². The molecule has 1 N–H and O–H groups in total. The van der Waals surface area contributed by atoms with E-state index in [1.54, 1.807) is 18.2 Å². The van der Waals surface area contributed by atoms with E-state index >= 15 is 0 Å². The number of fused-ring (bicyclic) bond motifs is 2. The van der Waals surface area contributed by atoms with Gasteiger partial charge in [-0.05, 0) is 53.9 Å². The van der Waals surface area contributed by atoms with Crippen molar-refractivity contribution < 1.29 is 22.7 Å². The number of nitrogens with zero attached hydrogens (tertiary/aromatic N) is 2. The Bertz CT molecular complexity index is 1970. The third kappa shape index (κ3) is 5.97. The Kier molecular flexibility index (Phi) is 8.12. The van der Waals surface area contributed by atoms with Crippen LogP contribution in [-0.2, 0) is 19.6 Å². The number of carbonyl (C=O) groups excluding carboxylic acids is 2. The molecular weight excluding hydrogens is 586 g/mol. The number of nitrogens with one attached hydrogen (secondary N) is 1. The molecule has 0 saturated carbocycles. The van der Waals surface area contributed by atoms with E-state index in [0.717, 1.165) is 35.6 Å². The molecule has 10 heteroatoms. The standard InChI is InChI=1S/C33H28ClN3O5S/c34-28-16-15-23(43(40,41)37-17-6-1-7-18-37)19-31(28)36-32(38)21-42-33(39)27-20-30(35-29-14-5-4-12-26(27)29)25-13-8-10-22-9-2-3-11-24(22)25/h2-5,8-16,19-20H,1,6-7,17-18,21H2,(H,36,38). The van der Waals surface area contributed by atoms with Crippen LogP contribution in [0.4, 0.5) is 5.69 Å². The number of para-hydroxylation sites is 1. The maximum absolute atomic E-state index is 13.3. The Hall–Kier alpha value is -4.31. The molecule has 1 aliphatic heterocycles. The van der Waals surface area contributed by atoms with Gasteiger partial charge in [-0.3, -0.25) is 4.79 Å². The van der Waals surface area contributed by atoms with Crippen molar-refractivity contribution in [3.05, 3.63) is 102 Å². The zero-order valence-electron chi connectivity index (χ0n) is 23.1. The summed E-state index contributed by atoms with van der Waals surface area (Å²) in [4.78, 5) is 31.0. The number of ether oxygens (including phenoxy) is 1. The van der Waals surface area contributed by atoms with E-state index < -0.39 is 28.5 Å². The number of esters is 1. The van der Waals surface area contributed by atoms with Gasteiger partial charge in [0.1, 0.15) is 0 Å². The number of pyridine rings is 1. The predicted octanol–water partition coefficient (Wildman–Crippen LogP) is 6.68. The van der Waals surface area contributed by atoms with Crippen LogP contribution in [0.5, 0.6) is 0 Å². The minimum atomic E-state index is -3.73. The lowest BCUT2D eigenvalue weighted by atomic mass is 9.99. The highest BCUT2D eigenvalue weighted by molar-refractivity contribution is 7.89. The Morgan fingerprint density at radius 3 is 2.40 bits per heavy atom. The van der Waals surface area contributed by atoms with E-state index in [4.69, 9.17) is 21.3 Å². The van der Waals surface area contributed by atoms with Gasteiger partial charge in [0.2, 0.25) is 10.0 Å². The molecule has 1 aliphatic rings. The van der Waals surface area contributed by atoms with Gasteiger partial charge in [-0.25, -0.2) is 18.2 Å². The molecule has 6 rings (SSSR count). The Balaban J connectivity index is 1.22. The van der Waals surface area contributed by atoms with E-state index in [1.165, 1.54) is 22.5 Å². The summed E-state index contributed by atoms with van der Waals surface area (Å²) in [6.07, 6.45) is 2.60. The number of hydrogen-bond donors (Lipinski definition) is 1. The van der Waals surface area contributed by atoms with Crippen molar-refractivity contribution in [1.82, 2.24) is 9.29 Å². The number of carbonyl (C=O) groups is 2. The number of aromatic nitrogens is 1. The predicted molar refractivity (Wildman–Crippen MR) is 168 cm³/mol. The maximum atomic E-state index is 13.3. The number of halogens is 1. The summed E-state index contributed by atoms with van der Waals surface area (Å²) < 4.78 is 33.1. The van der Waals surface area contributed by atoms with Gasteiger partial charge in [0.25, 0.3) is 5.91 Å². The number of anilines is 1. The van der Waals surface area contributed by atoms with Crippen LogP contribution < -0.4 is 5.32 Å². The average molecular weight is 614 g/mol. The molecular formula is C33H28ClN3O5S. The quantitative estimate of drug-likeness (QED) is 0.205. The molecule has 0 spiro atoms. The van der Waals surface area contributed by atoms with Gasteiger partial charge in [-0.15, -0.1) is 0 Å². The fraction of sp³-hybridized carbons (Fsp3) is 0.182. The zero-order valence-corrected chi connectivity index (χ0v) is 24.7. The summed E-state index contributed by atoms with van der Waals surface area (Å²) in [6, 6.07) is 26.9. The molecule has 0 atom stereocenters. The summed E-state index contributed by atoms with van der Waals surface area (Å²) in [6.45, 7) is 0.307. The molecule has 8 nitrogen and oxygen atoms in total. The van der Waals surface area contributed by atoms with Gasteiger partial charge in [0.05, 0.1) is 32.4 Å². The highest BCUT2D eigenvalue weighted by Gasteiger charge is 2.27. The lowest BCUT2D eigenvalue weighted by Crippen LogP contribution is -2.35. The minimum absolute atomic E-state index is 0.0373. The fourth-order valence-corrected chi connectivity index (χ4v) is 7.05. The number of rotatable bonds is 7. The largest absolute Gasteiger partial charge is 0.452 e. The van der Waals surface area contributed by atoms with Crippen LogP contribution in [0.2, 0.25) is 5.02 Å². The van der Waals surface area contributed by atoms with Gasteiger partial charge in [-0.2, -0.15) is 4.31 Å². The van der Waals surface area contributed by atoms with E-state index in [-0.39, 0.29) is 21.2 Å². The molecule has 0 aliphatic carbocycles. The number of hydrogen-bond acceptors (Lipinski definition) is 6. The van der Waals surface area contributed by atoms with Crippen LogP contribution in [0.3, 0.4) is 0 Å². The Morgan fingerprint density at radius 2 is 1.58 bits per heavy atom. The van der Waals surface area contributed by atoms with Crippen LogP contribution in [-0.4, -0.2) is 49.3 Å². The Labute approximate surface area is 254 Å². The van der Waals surface area contributed by atoms with Crippen molar-refractivity contribution in [3.63, 3.8) is 0 Å². The van der Waals surface area contributed by atoms with Gasteiger partial charge < -0.3 is 10.1 Å². The first kappa shape index (κ1) is 28.8. The van der Waals surface area contributed by atoms with Crippen LogP contribution in [0, 0.1) is 0 Å². The lowest BCUT2D eigenvalue weighted by Gasteiger charge is -2.26. The van der Waals surface area contributed by atoms with Crippen LogP contribution in [0.1, 0.15) is 29.6 Å². The highest BCUT2D eigenvalue weighted by Crippen LogP contribution is 2.31. The molecule has 0 bridgehead atoms. The van der Waals surface area contributed by atoms with Crippen molar-refractivity contribution in [2.75, 3.05) is 25.0 Å². The molecule has 1 saturated heterocycles. The zero-order chi connectivity index (χ0) is 30.0. The van der Waals surface area contributed by atoms with E-state index in [2.05, 4.69) is 5.32 Å². The SMILES string of the molecule is O=C(COC(=O)c1cc(-c2cccc3ccccc23)nc2ccccc12)Nc1cc(S(=O)(=O)N2CCCCC2)ccc1Cl. The van der Waals surface area contributed by atoms with E-state index in [1.807, 2.05) is 54.6 Å². The summed E-state index contributed by atoms with van der Waals surface area (Å²) in [7, 11) is -3.73. The fourth-order valence-electron chi connectivity index (χ4n) is 5.34. The van der Waals surface area contributed by atoms with Crippen molar-refractivity contribution >= 4 is 60.9 Å². The number of benzene rings is 4. The van der Waals surface area contributed by atoms with Gasteiger partial charge in [0, 0.05) is 24.0 Å². The third-order valence-electron chi connectivity index (χ3n) is 7.50. The molecule has 218 valence electrons. The molecule has 2 heterocycles. The summed E-state index contributed by atoms with van der Waals surface area (Å²) in [5.74, 6) is -1.35. The van der Waals surface area contributed by atoms with Crippen LogP contribution in [0.15, 0.2) is 95.9 Å². The van der Waals surface area contributed by atoms with Gasteiger partial charge in [-0.1, -0.05) is 78.7 Å². The number of amides is 1. The van der Waals surface area contributed by atoms with Crippen molar-refractivity contribution in [2.24, 2.45) is 0 Å². The second-order valence-corrected chi connectivity index (χ2v) is 12.7. The molecule has 4 aromatic carbocycles. The first-order chi connectivity index (χ1) is 20.8. The number of sulfonamides is 1. The van der Waals surface area contributed by atoms with Crippen molar-refractivity contribution in [3.8, 4) is 11.3 Å². The van der Waals surface area contributed by atoms with E-state index in [0.29, 0.717) is 29.7 Å². The summed E-state index contributed by atoms with van der Waals surface area (Å²) in [5, 5.41) is 5.38. The monoisotopic (exact) mass is 613 g/mol. The van der Waals surface area contributed by atoms with E-state index in [9.17, 15) is 18.0 Å².